The van der Waals surface area contributed by atoms with Gasteiger partial charge in [0.2, 0.25) is 5.91 Å². The molecule has 6 heteroatoms. The molecule has 3 rings (SSSR count). The topological polar surface area (TPSA) is 49.4 Å². The molecule has 0 bridgehead atoms. The van der Waals surface area contributed by atoms with E-state index in [-0.39, 0.29) is 17.6 Å². The second-order valence-corrected chi connectivity index (χ2v) is 8.51. The number of nitrogens with one attached hydrogen (secondary N) is 1. The molecule has 1 aromatic rings. The predicted molar refractivity (Wildman–Crippen MR) is 86.7 cm³/mol. The lowest BCUT2D eigenvalue weighted by atomic mass is 9.98. The Morgan fingerprint density at radius 2 is 2.24 bits per heavy atom. The molecular weight excluding hydrogens is 304 g/mol. The number of nitrogens with zero attached hydrogens (tertiary/aromatic N) is 1. The summed E-state index contributed by atoms with van der Waals surface area (Å²) in [6.07, 6.45) is 6.67. The van der Waals surface area contributed by atoms with E-state index in [1.165, 1.54) is 4.88 Å². The molecule has 1 spiro atoms. The molecule has 2 aliphatic rings. The van der Waals surface area contributed by atoms with Crippen LogP contribution in [0.4, 0.5) is 0 Å². The highest BCUT2D eigenvalue weighted by Crippen LogP contribution is 2.41. The number of carbonyl (C=O) groups is 1. The number of rotatable bonds is 5. The molecule has 2 fully saturated rings. The van der Waals surface area contributed by atoms with Crippen molar-refractivity contribution in [3.05, 3.63) is 22.4 Å². The van der Waals surface area contributed by atoms with Gasteiger partial charge in [0.15, 0.2) is 0 Å². The molecule has 0 radical (unpaired) electrons. The van der Waals surface area contributed by atoms with Crippen molar-refractivity contribution in [3.8, 4) is 0 Å². The van der Waals surface area contributed by atoms with E-state index in [1.807, 2.05) is 11.0 Å². The first kappa shape index (κ1) is 15.2. The Labute approximate surface area is 132 Å². The van der Waals surface area contributed by atoms with Gasteiger partial charge in [0.25, 0.3) is 0 Å². The minimum absolute atomic E-state index is 0.000825. The zero-order valence-corrected chi connectivity index (χ0v) is 14.0. The van der Waals surface area contributed by atoms with E-state index in [0.717, 1.165) is 32.1 Å². The first-order valence-corrected chi connectivity index (χ1v) is 10.2. The highest BCUT2D eigenvalue weighted by molar-refractivity contribution is 7.84. The van der Waals surface area contributed by atoms with Gasteiger partial charge in [-0.05, 0) is 30.7 Å². The molecule has 1 saturated carbocycles. The summed E-state index contributed by atoms with van der Waals surface area (Å²) in [5.41, 5.74) is -0.333. The third kappa shape index (κ3) is 2.94. The van der Waals surface area contributed by atoms with Crippen LogP contribution in [0.1, 0.15) is 43.1 Å². The van der Waals surface area contributed by atoms with Gasteiger partial charge in [-0.1, -0.05) is 18.9 Å². The zero-order valence-electron chi connectivity index (χ0n) is 12.3. The highest BCUT2D eigenvalue weighted by atomic mass is 32.2. The maximum Gasteiger partial charge on any atom is 0.244 e. The van der Waals surface area contributed by atoms with Crippen LogP contribution in [0.5, 0.6) is 0 Å². The summed E-state index contributed by atoms with van der Waals surface area (Å²) in [4.78, 5) is 16.1. The average molecular weight is 326 g/mol. The van der Waals surface area contributed by atoms with Gasteiger partial charge in [-0.3, -0.25) is 14.3 Å². The molecular formula is C15H22N2O2S2. The number of amides is 1. The monoisotopic (exact) mass is 326 g/mol. The van der Waals surface area contributed by atoms with Gasteiger partial charge in [-0.25, -0.2) is 0 Å². The Kier molecular flexibility index (Phi) is 4.47. The van der Waals surface area contributed by atoms with Crippen molar-refractivity contribution < 1.29 is 9.00 Å². The van der Waals surface area contributed by atoms with Gasteiger partial charge in [-0.2, -0.15) is 0 Å². The fraction of sp³-hybridized carbons (Fsp3) is 0.667. The van der Waals surface area contributed by atoms with Crippen molar-refractivity contribution >= 4 is 28.0 Å². The SMILES string of the molecule is CS(=O)CCCN1C(=O)C2(CCCC2)NC1c1cccs1. The lowest BCUT2D eigenvalue weighted by molar-refractivity contribution is -0.133. The summed E-state index contributed by atoms with van der Waals surface area (Å²) < 4.78 is 11.3. The first-order valence-electron chi connectivity index (χ1n) is 7.55. The van der Waals surface area contributed by atoms with Crippen molar-refractivity contribution in [1.82, 2.24) is 10.2 Å². The van der Waals surface area contributed by atoms with E-state index in [2.05, 4.69) is 16.8 Å². The lowest BCUT2D eigenvalue weighted by Gasteiger charge is -2.23. The normalized spacial score (nSPS) is 25.9. The van der Waals surface area contributed by atoms with Gasteiger partial charge >= 0.3 is 0 Å². The molecule has 2 heterocycles. The number of carbonyl (C=O) groups excluding carboxylic acids is 1. The fourth-order valence-electron chi connectivity index (χ4n) is 3.47. The molecule has 1 aromatic heterocycles. The summed E-state index contributed by atoms with van der Waals surface area (Å²) in [6, 6.07) is 4.12. The third-order valence-electron chi connectivity index (χ3n) is 4.50. The Morgan fingerprint density at radius 3 is 2.86 bits per heavy atom. The van der Waals surface area contributed by atoms with Crippen molar-refractivity contribution in [3.63, 3.8) is 0 Å². The van der Waals surface area contributed by atoms with Crippen LogP contribution >= 0.6 is 11.3 Å². The number of hydrogen-bond donors (Lipinski definition) is 1. The van der Waals surface area contributed by atoms with E-state index < -0.39 is 10.8 Å². The van der Waals surface area contributed by atoms with Crippen LogP contribution < -0.4 is 5.32 Å². The van der Waals surface area contributed by atoms with Crippen LogP contribution in [0.25, 0.3) is 0 Å². The van der Waals surface area contributed by atoms with E-state index in [1.54, 1.807) is 17.6 Å². The van der Waals surface area contributed by atoms with Crippen LogP contribution in [0, 0.1) is 0 Å². The lowest BCUT2D eigenvalue weighted by Crippen LogP contribution is -2.44. The molecule has 2 atom stereocenters. The Hall–Kier alpha value is -0.720. The molecule has 1 aliphatic heterocycles. The second-order valence-electron chi connectivity index (χ2n) is 5.98. The van der Waals surface area contributed by atoms with Crippen LogP contribution in [-0.4, -0.2) is 39.1 Å². The smallest absolute Gasteiger partial charge is 0.244 e. The van der Waals surface area contributed by atoms with Crippen LogP contribution in [-0.2, 0) is 15.6 Å². The van der Waals surface area contributed by atoms with Crippen molar-refractivity contribution in [1.29, 1.82) is 0 Å². The van der Waals surface area contributed by atoms with Gasteiger partial charge in [-0.15, -0.1) is 11.3 Å². The van der Waals surface area contributed by atoms with E-state index in [9.17, 15) is 9.00 Å². The molecule has 21 heavy (non-hydrogen) atoms. The number of hydrogen-bond acceptors (Lipinski definition) is 4. The summed E-state index contributed by atoms with van der Waals surface area (Å²) in [6.45, 7) is 0.690. The van der Waals surface area contributed by atoms with Gasteiger partial charge in [0.05, 0.1) is 5.54 Å². The second kappa shape index (κ2) is 6.18. The zero-order chi connectivity index (χ0) is 14.9. The van der Waals surface area contributed by atoms with Crippen molar-refractivity contribution in [2.75, 3.05) is 18.6 Å². The van der Waals surface area contributed by atoms with Crippen molar-refractivity contribution in [2.45, 2.75) is 43.8 Å². The van der Waals surface area contributed by atoms with Crippen LogP contribution in [0.3, 0.4) is 0 Å². The summed E-state index contributed by atoms with van der Waals surface area (Å²) >= 11 is 1.69. The minimum atomic E-state index is -0.791. The molecule has 1 amide bonds. The van der Waals surface area contributed by atoms with E-state index in [4.69, 9.17) is 0 Å². The van der Waals surface area contributed by atoms with Crippen LogP contribution in [0.2, 0.25) is 0 Å². The largest absolute Gasteiger partial charge is 0.320 e. The molecule has 1 N–H and O–H groups in total. The van der Waals surface area contributed by atoms with Crippen LogP contribution in [0.15, 0.2) is 17.5 Å². The summed E-state index contributed by atoms with van der Waals surface area (Å²) in [5, 5.41) is 5.67. The number of thiophene rings is 1. The maximum atomic E-state index is 12.9. The molecule has 116 valence electrons. The predicted octanol–water partition coefficient (Wildman–Crippen LogP) is 2.26. The molecule has 4 nitrogen and oxygen atoms in total. The Bertz CT molecular complexity index is 524. The van der Waals surface area contributed by atoms with Gasteiger partial charge in [0.1, 0.15) is 6.17 Å². The van der Waals surface area contributed by atoms with E-state index >= 15 is 0 Å². The van der Waals surface area contributed by atoms with E-state index in [0.29, 0.717) is 12.3 Å². The standard InChI is InChI=1S/C15H22N2O2S2/c1-21(19)11-5-9-17-13(12-6-4-10-20-12)16-15(14(17)18)7-2-3-8-15/h4,6,10,13,16H,2-3,5,7-9,11H2,1H3. The Balaban J connectivity index is 1.79. The molecule has 2 unspecified atom stereocenters. The molecule has 0 aromatic carbocycles. The fourth-order valence-corrected chi connectivity index (χ4v) is 4.79. The van der Waals surface area contributed by atoms with Gasteiger partial charge in [0, 0.05) is 34.2 Å². The Morgan fingerprint density at radius 1 is 1.48 bits per heavy atom. The third-order valence-corrected chi connectivity index (χ3v) is 6.28. The minimum Gasteiger partial charge on any atom is -0.320 e. The maximum absolute atomic E-state index is 12.9. The van der Waals surface area contributed by atoms with Gasteiger partial charge < -0.3 is 4.90 Å². The molecule has 1 saturated heterocycles. The van der Waals surface area contributed by atoms with Crippen molar-refractivity contribution in [2.24, 2.45) is 0 Å². The molecule has 1 aliphatic carbocycles. The average Bonchev–Trinajstić information content (AvgIpc) is 3.15. The summed E-state index contributed by atoms with van der Waals surface area (Å²) in [7, 11) is -0.791. The summed E-state index contributed by atoms with van der Waals surface area (Å²) in [5.74, 6) is 0.911. The highest BCUT2D eigenvalue weighted by Gasteiger charge is 2.52. The quantitative estimate of drug-likeness (QED) is 0.903. The first-order chi connectivity index (χ1) is 10.1.